The van der Waals surface area contributed by atoms with E-state index in [4.69, 9.17) is 0 Å². The normalized spacial score (nSPS) is 10.3. The summed E-state index contributed by atoms with van der Waals surface area (Å²) in [6, 6.07) is 6.06. The zero-order valence-electron chi connectivity index (χ0n) is 7.57. The number of nitrogens with zero attached hydrogens (tertiary/aromatic N) is 3. The van der Waals surface area contributed by atoms with Crippen LogP contribution in [0.5, 0.6) is 0 Å². The maximum atomic E-state index is 3.94. The number of hydrogen-bond donors (Lipinski definition) is 1. The molecule has 0 aliphatic heterocycles. The van der Waals surface area contributed by atoms with E-state index in [2.05, 4.69) is 40.5 Å². The van der Waals surface area contributed by atoms with Gasteiger partial charge >= 0.3 is 0 Å². The van der Waals surface area contributed by atoms with Gasteiger partial charge in [0.1, 0.15) is 0 Å². The average molecular weight is 174 g/mol. The minimum Gasteiger partial charge on any atom is -0.177 e. The van der Waals surface area contributed by atoms with Crippen molar-refractivity contribution in [1.82, 2.24) is 20.6 Å². The van der Waals surface area contributed by atoms with Crippen molar-refractivity contribution in [2.24, 2.45) is 0 Å². The van der Waals surface area contributed by atoms with E-state index >= 15 is 0 Å². The fourth-order valence-electron chi connectivity index (χ4n) is 1.27. The van der Waals surface area contributed by atoms with Gasteiger partial charge < -0.3 is 0 Å². The Kier molecular flexibility index (Phi) is 1.81. The average Bonchev–Trinajstić information content (AvgIpc) is 2.62. The predicted molar refractivity (Wildman–Crippen MR) is 49.1 cm³/mol. The summed E-state index contributed by atoms with van der Waals surface area (Å²) in [6.07, 6.45) is 0. The quantitative estimate of drug-likeness (QED) is 0.712. The number of benzene rings is 1. The van der Waals surface area contributed by atoms with Gasteiger partial charge in [0, 0.05) is 5.56 Å². The van der Waals surface area contributed by atoms with Crippen LogP contribution in [-0.4, -0.2) is 20.6 Å². The monoisotopic (exact) mass is 174 g/mol. The third-order valence-electron chi connectivity index (χ3n) is 2.19. The van der Waals surface area contributed by atoms with Crippen LogP contribution in [-0.2, 0) is 0 Å². The number of hydrogen-bond acceptors (Lipinski definition) is 3. The molecule has 0 amide bonds. The minimum absolute atomic E-state index is 0.654. The Morgan fingerprint density at radius 1 is 1.23 bits per heavy atom. The fraction of sp³-hybridized carbons (Fsp3) is 0.222. The first-order valence-corrected chi connectivity index (χ1v) is 4.09. The molecule has 1 N–H and O–H groups in total. The lowest BCUT2D eigenvalue weighted by atomic mass is 10.0. The summed E-state index contributed by atoms with van der Waals surface area (Å²) in [6.45, 7) is 4.12. The summed E-state index contributed by atoms with van der Waals surface area (Å²) >= 11 is 0. The van der Waals surface area contributed by atoms with E-state index < -0.39 is 0 Å². The summed E-state index contributed by atoms with van der Waals surface area (Å²) in [5, 5.41) is 13.9. The first kappa shape index (κ1) is 7.91. The molecule has 13 heavy (non-hydrogen) atoms. The summed E-state index contributed by atoms with van der Waals surface area (Å²) in [5.41, 5.74) is 3.47. The molecule has 66 valence electrons. The molecule has 0 aliphatic rings. The summed E-state index contributed by atoms with van der Waals surface area (Å²) in [7, 11) is 0. The fourth-order valence-corrected chi connectivity index (χ4v) is 1.27. The zero-order chi connectivity index (χ0) is 9.26. The SMILES string of the molecule is Cc1cccc(-c2nn[nH]n2)c1C. The molecule has 2 aromatic rings. The largest absolute Gasteiger partial charge is 0.204 e. The molecule has 1 heterocycles. The molecular weight excluding hydrogens is 164 g/mol. The predicted octanol–water partition coefficient (Wildman–Crippen LogP) is 1.48. The molecule has 0 saturated carbocycles. The third kappa shape index (κ3) is 1.30. The Morgan fingerprint density at radius 2 is 2.08 bits per heavy atom. The van der Waals surface area contributed by atoms with Gasteiger partial charge in [0.2, 0.25) is 5.82 Å². The molecule has 0 saturated heterocycles. The second kappa shape index (κ2) is 2.97. The number of rotatable bonds is 1. The molecule has 2 rings (SSSR count). The molecule has 1 aromatic heterocycles. The minimum atomic E-state index is 0.654. The Labute approximate surface area is 76.0 Å². The number of tetrazole rings is 1. The van der Waals surface area contributed by atoms with Crippen molar-refractivity contribution in [3.8, 4) is 11.4 Å². The molecular formula is C9H10N4. The van der Waals surface area contributed by atoms with E-state index in [1.54, 1.807) is 0 Å². The standard InChI is InChI=1S/C9H10N4/c1-6-4-3-5-8(7(6)2)9-10-12-13-11-9/h3-5H,1-2H3,(H,10,11,12,13). The van der Waals surface area contributed by atoms with E-state index in [1.807, 2.05) is 12.1 Å². The first-order valence-electron chi connectivity index (χ1n) is 4.09. The molecule has 0 atom stereocenters. The van der Waals surface area contributed by atoms with Gasteiger partial charge in [-0.1, -0.05) is 18.2 Å². The molecule has 0 radical (unpaired) electrons. The van der Waals surface area contributed by atoms with Crippen molar-refractivity contribution in [2.45, 2.75) is 13.8 Å². The Bertz CT molecular complexity index is 406. The number of nitrogens with one attached hydrogen (secondary N) is 1. The second-order valence-corrected chi connectivity index (χ2v) is 2.98. The third-order valence-corrected chi connectivity index (χ3v) is 2.19. The lowest BCUT2D eigenvalue weighted by Gasteiger charge is -2.03. The van der Waals surface area contributed by atoms with E-state index in [-0.39, 0.29) is 0 Å². The van der Waals surface area contributed by atoms with Crippen molar-refractivity contribution in [2.75, 3.05) is 0 Å². The highest BCUT2D eigenvalue weighted by Gasteiger charge is 2.06. The Hall–Kier alpha value is -1.71. The molecule has 1 aromatic carbocycles. The van der Waals surface area contributed by atoms with Gasteiger partial charge in [0.15, 0.2) is 0 Å². The summed E-state index contributed by atoms with van der Waals surface area (Å²) in [4.78, 5) is 0. The van der Waals surface area contributed by atoms with Crippen molar-refractivity contribution >= 4 is 0 Å². The smallest absolute Gasteiger partial charge is 0.177 e. The number of aromatic nitrogens is 4. The highest BCUT2D eigenvalue weighted by Crippen LogP contribution is 2.20. The first-order chi connectivity index (χ1) is 6.29. The maximum absolute atomic E-state index is 3.94. The summed E-state index contributed by atoms with van der Waals surface area (Å²) in [5.74, 6) is 0.654. The van der Waals surface area contributed by atoms with Crippen LogP contribution in [0.25, 0.3) is 11.4 Å². The topological polar surface area (TPSA) is 54.5 Å². The molecule has 0 bridgehead atoms. The van der Waals surface area contributed by atoms with Crippen LogP contribution in [0, 0.1) is 13.8 Å². The molecule has 0 fully saturated rings. The molecule has 0 unspecified atom stereocenters. The van der Waals surface area contributed by atoms with Crippen molar-refractivity contribution in [3.63, 3.8) is 0 Å². The van der Waals surface area contributed by atoms with Crippen LogP contribution < -0.4 is 0 Å². The van der Waals surface area contributed by atoms with Crippen LogP contribution in [0.1, 0.15) is 11.1 Å². The zero-order valence-corrected chi connectivity index (χ0v) is 7.57. The molecule has 0 aliphatic carbocycles. The lowest BCUT2D eigenvalue weighted by Crippen LogP contribution is -1.88. The van der Waals surface area contributed by atoms with Gasteiger partial charge in [0.25, 0.3) is 0 Å². The summed E-state index contributed by atoms with van der Waals surface area (Å²) < 4.78 is 0. The molecule has 0 spiro atoms. The number of aromatic amines is 1. The van der Waals surface area contributed by atoms with Gasteiger partial charge in [0.05, 0.1) is 0 Å². The highest BCUT2D eigenvalue weighted by molar-refractivity contribution is 5.60. The van der Waals surface area contributed by atoms with Crippen molar-refractivity contribution in [3.05, 3.63) is 29.3 Å². The highest BCUT2D eigenvalue weighted by atomic mass is 15.5. The van der Waals surface area contributed by atoms with Crippen LogP contribution in [0.2, 0.25) is 0 Å². The van der Waals surface area contributed by atoms with E-state index in [1.165, 1.54) is 11.1 Å². The van der Waals surface area contributed by atoms with Gasteiger partial charge in [-0.25, -0.2) is 0 Å². The van der Waals surface area contributed by atoms with Crippen molar-refractivity contribution in [1.29, 1.82) is 0 Å². The van der Waals surface area contributed by atoms with Gasteiger partial charge in [-0.15, -0.1) is 10.2 Å². The van der Waals surface area contributed by atoms with Gasteiger partial charge in [-0.2, -0.15) is 5.21 Å². The molecule has 4 nitrogen and oxygen atoms in total. The maximum Gasteiger partial charge on any atom is 0.204 e. The van der Waals surface area contributed by atoms with Crippen LogP contribution in [0.15, 0.2) is 18.2 Å². The van der Waals surface area contributed by atoms with Crippen LogP contribution in [0.3, 0.4) is 0 Å². The van der Waals surface area contributed by atoms with Crippen molar-refractivity contribution < 1.29 is 0 Å². The van der Waals surface area contributed by atoms with E-state index in [0.29, 0.717) is 5.82 Å². The number of H-pyrrole nitrogens is 1. The van der Waals surface area contributed by atoms with E-state index in [9.17, 15) is 0 Å². The van der Waals surface area contributed by atoms with E-state index in [0.717, 1.165) is 5.56 Å². The van der Waals surface area contributed by atoms with Crippen LogP contribution in [0.4, 0.5) is 0 Å². The Balaban J connectivity index is 2.59. The number of aryl methyl sites for hydroxylation is 1. The lowest BCUT2D eigenvalue weighted by molar-refractivity contribution is 0.881. The van der Waals surface area contributed by atoms with Gasteiger partial charge in [-0.3, -0.25) is 0 Å². The Morgan fingerprint density at radius 3 is 2.77 bits per heavy atom. The molecule has 4 heteroatoms. The van der Waals surface area contributed by atoms with Gasteiger partial charge in [-0.05, 0) is 30.2 Å². The van der Waals surface area contributed by atoms with Crippen LogP contribution >= 0.6 is 0 Å². The second-order valence-electron chi connectivity index (χ2n) is 2.98.